The zero-order chi connectivity index (χ0) is 15.4. The molecule has 0 saturated carbocycles. The van der Waals surface area contributed by atoms with E-state index in [0.717, 1.165) is 6.08 Å². The van der Waals surface area contributed by atoms with Crippen LogP contribution in [0, 0.1) is 0 Å². The van der Waals surface area contributed by atoms with Gasteiger partial charge in [-0.05, 0) is 26.0 Å². The van der Waals surface area contributed by atoms with Crippen LogP contribution >= 0.6 is 11.6 Å². The minimum absolute atomic E-state index is 0.222. The monoisotopic (exact) mass is 306 g/mol. The Labute approximate surface area is 127 Å². The van der Waals surface area contributed by atoms with Gasteiger partial charge in [-0.25, -0.2) is 4.79 Å². The lowest BCUT2D eigenvalue weighted by molar-refractivity contribution is -0.131. The molecule has 0 aliphatic rings. The molecule has 1 aromatic carbocycles. The fraction of sp³-hybridized carbons (Fsp3) is 0.200. The number of benzene rings is 1. The van der Waals surface area contributed by atoms with Gasteiger partial charge < -0.3 is 9.84 Å². The Morgan fingerprint density at radius 2 is 2.24 bits per heavy atom. The Balaban J connectivity index is 2.31. The normalized spacial score (nSPS) is 11.2. The number of hydrogen-bond donors (Lipinski definition) is 1. The molecule has 0 spiro atoms. The van der Waals surface area contributed by atoms with Crippen LogP contribution < -0.4 is 4.74 Å². The molecule has 110 valence electrons. The molecule has 1 aromatic heterocycles. The lowest BCUT2D eigenvalue weighted by Gasteiger charge is -2.09. The van der Waals surface area contributed by atoms with Gasteiger partial charge in [0.1, 0.15) is 0 Å². The summed E-state index contributed by atoms with van der Waals surface area (Å²) in [5, 5.41) is 13.3. The fourth-order valence-electron chi connectivity index (χ4n) is 1.70. The highest BCUT2D eigenvalue weighted by atomic mass is 35.5. The molecule has 0 bridgehead atoms. The molecule has 0 fully saturated rings. The molecule has 0 aliphatic heterocycles. The summed E-state index contributed by atoms with van der Waals surface area (Å²) in [4.78, 5) is 10.6. The van der Waals surface area contributed by atoms with E-state index in [2.05, 4.69) is 5.10 Å². The summed E-state index contributed by atoms with van der Waals surface area (Å²) in [5.41, 5.74) is 0.585. The molecule has 21 heavy (non-hydrogen) atoms. The Kier molecular flexibility index (Phi) is 4.65. The summed E-state index contributed by atoms with van der Waals surface area (Å²) in [6.07, 6.45) is 5.83. The van der Waals surface area contributed by atoms with Gasteiger partial charge in [0.25, 0.3) is 0 Å². The molecule has 2 rings (SSSR count). The lowest BCUT2D eigenvalue weighted by Crippen LogP contribution is -1.99. The molecule has 1 heterocycles. The standard InChI is InChI=1S/C15H15ClN2O3/c1-10(2)18-9-12(8-17-18)21-15-11(6-7-14(19)20)4-3-5-13(15)16/h3-10H,1-2H3,(H,19,20)/b7-6+. The molecule has 1 N–H and O–H groups in total. The van der Waals surface area contributed by atoms with Crippen molar-refractivity contribution in [2.24, 2.45) is 0 Å². The first-order valence-electron chi connectivity index (χ1n) is 6.39. The number of aliphatic carboxylic acids is 1. The third kappa shape index (κ3) is 3.86. The lowest BCUT2D eigenvalue weighted by atomic mass is 10.2. The predicted molar refractivity (Wildman–Crippen MR) is 80.8 cm³/mol. The number of halogens is 1. The van der Waals surface area contributed by atoms with Crippen molar-refractivity contribution < 1.29 is 14.6 Å². The SMILES string of the molecule is CC(C)n1cc(Oc2c(Cl)cccc2/C=C/C(=O)O)cn1. The maximum Gasteiger partial charge on any atom is 0.328 e. The molecular weight excluding hydrogens is 292 g/mol. The van der Waals surface area contributed by atoms with Crippen LogP contribution in [0.1, 0.15) is 25.5 Å². The van der Waals surface area contributed by atoms with E-state index >= 15 is 0 Å². The van der Waals surface area contributed by atoms with E-state index in [9.17, 15) is 4.79 Å². The number of rotatable bonds is 5. The van der Waals surface area contributed by atoms with Gasteiger partial charge in [0.2, 0.25) is 0 Å². The Morgan fingerprint density at radius 1 is 1.48 bits per heavy atom. The second-order valence-corrected chi connectivity index (χ2v) is 5.09. The van der Waals surface area contributed by atoms with Crippen molar-refractivity contribution in [1.82, 2.24) is 9.78 Å². The van der Waals surface area contributed by atoms with Gasteiger partial charge >= 0.3 is 5.97 Å². The zero-order valence-electron chi connectivity index (χ0n) is 11.7. The molecular formula is C15H15ClN2O3. The second kappa shape index (κ2) is 6.45. The smallest absolute Gasteiger partial charge is 0.328 e. The largest absolute Gasteiger partial charge is 0.478 e. The number of aromatic nitrogens is 2. The van der Waals surface area contributed by atoms with Gasteiger partial charge in [-0.2, -0.15) is 5.10 Å². The summed E-state index contributed by atoms with van der Waals surface area (Å²) in [6.45, 7) is 4.01. The van der Waals surface area contributed by atoms with Gasteiger partial charge in [-0.15, -0.1) is 0 Å². The molecule has 6 heteroatoms. The second-order valence-electron chi connectivity index (χ2n) is 4.68. The number of para-hydroxylation sites is 1. The fourth-order valence-corrected chi connectivity index (χ4v) is 1.92. The van der Waals surface area contributed by atoms with Crippen molar-refractivity contribution in [3.05, 3.63) is 47.3 Å². The van der Waals surface area contributed by atoms with Crippen molar-refractivity contribution >= 4 is 23.6 Å². The third-order valence-corrected chi connectivity index (χ3v) is 3.03. The van der Waals surface area contributed by atoms with Gasteiger partial charge in [-0.3, -0.25) is 4.68 Å². The summed E-state index contributed by atoms with van der Waals surface area (Å²) >= 11 is 6.13. The van der Waals surface area contributed by atoms with Crippen molar-refractivity contribution in [3.63, 3.8) is 0 Å². The van der Waals surface area contributed by atoms with Crippen molar-refractivity contribution in [2.75, 3.05) is 0 Å². The molecule has 5 nitrogen and oxygen atoms in total. The zero-order valence-corrected chi connectivity index (χ0v) is 12.4. The average Bonchev–Trinajstić information content (AvgIpc) is 2.88. The quantitative estimate of drug-likeness (QED) is 0.848. The van der Waals surface area contributed by atoms with Crippen LogP contribution in [-0.4, -0.2) is 20.9 Å². The average molecular weight is 307 g/mol. The molecule has 0 unspecified atom stereocenters. The molecule has 0 saturated heterocycles. The molecule has 0 atom stereocenters. The van der Waals surface area contributed by atoms with Gasteiger partial charge in [0.15, 0.2) is 11.5 Å². The summed E-state index contributed by atoms with van der Waals surface area (Å²) in [7, 11) is 0. The number of nitrogens with zero attached hydrogens (tertiary/aromatic N) is 2. The number of carbonyl (C=O) groups is 1. The first-order valence-corrected chi connectivity index (χ1v) is 6.76. The minimum Gasteiger partial charge on any atom is -0.478 e. The van der Waals surface area contributed by atoms with Crippen molar-refractivity contribution in [3.8, 4) is 11.5 Å². The van der Waals surface area contributed by atoms with E-state index in [4.69, 9.17) is 21.4 Å². The van der Waals surface area contributed by atoms with Crippen molar-refractivity contribution in [1.29, 1.82) is 0 Å². The Hall–Kier alpha value is -2.27. The summed E-state index contributed by atoms with van der Waals surface area (Å²) in [5.74, 6) is -0.0877. The maximum atomic E-state index is 10.6. The predicted octanol–water partition coefficient (Wildman–Crippen LogP) is 4.01. The van der Waals surface area contributed by atoms with Crippen LogP contribution in [0.15, 0.2) is 36.7 Å². The Bertz CT molecular complexity index is 677. The van der Waals surface area contributed by atoms with Gasteiger partial charge in [-0.1, -0.05) is 23.7 Å². The van der Waals surface area contributed by atoms with Crippen LogP contribution in [-0.2, 0) is 4.79 Å². The number of ether oxygens (including phenoxy) is 1. The van der Waals surface area contributed by atoms with Crippen LogP contribution in [0.25, 0.3) is 6.08 Å². The van der Waals surface area contributed by atoms with E-state index < -0.39 is 5.97 Å². The minimum atomic E-state index is -1.03. The van der Waals surface area contributed by atoms with Gasteiger partial charge in [0, 0.05) is 17.7 Å². The molecule has 2 aromatic rings. The number of carboxylic acid groups (broad SMARTS) is 1. The van der Waals surface area contributed by atoms with Crippen LogP contribution in [0.4, 0.5) is 0 Å². The highest BCUT2D eigenvalue weighted by molar-refractivity contribution is 6.32. The molecule has 0 radical (unpaired) electrons. The Morgan fingerprint density at radius 3 is 2.86 bits per heavy atom. The van der Waals surface area contributed by atoms with E-state index in [1.165, 1.54) is 6.08 Å². The third-order valence-electron chi connectivity index (χ3n) is 2.73. The van der Waals surface area contributed by atoms with Gasteiger partial charge in [0.05, 0.1) is 17.4 Å². The maximum absolute atomic E-state index is 10.6. The summed E-state index contributed by atoms with van der Waals surface area (Å²) < 4.78 is 7.51. The van der Waals surface area contributed by atoms with E-state index in [-0.39, 0.29) is 6.04 Å². The molecule has 0 aliphatic carbocycles. The highest BCUT2D eigenvalue weighted by Crippen LogP contribution is 2.33. The van der Waals surface area contributed by atoms with E-state index in [1.807, 2.05) is 13.8 Å². The van der Waals surface area contributed by atoms with E-state index in [1.54, 1.807) is 35.3 Å². The van der Waals surface area contributed by atoms with Crippen LogP contribution in [0.5, 0.6) is 11.5 Å². The summed E-state index contributed by atoms with van der Waals surface area (Å²) in [6, 6.07) is 5.36. The molecule has 0 amide bonds. The van der Waals surface area contributed by atoms with Crippen LogP contribution in [0.2, 0.25) is 5.02 Å². The van der Waals surface area contributed by atoms with Crippen molar-refractivity contribution in [2.45, 2.75) is 19.9 Å². The van der Waals surface area contributed by atoms with E-state index in [0.29, 0.717) is 22.1 Å². The topological polar surface area (TPSA) is 64.3 Å². The number of carboxylic acids is 1. The first kappa shape index (κ1) is 15.1. The number of hydrogen-bond acceptors (Lipinski definition) is 3. The van der Waals surface area contributed by atoms with Crippen LogP contribution in [0.3, 0.4) is 0 Å². The first-order chi connectivity index (χ1) is 9.97. The highest BCUT2D eigenvalue weighted by Gasteiger charge is 2.10.